The van der Waals surface area contributed by atoms with Crippen molar-refractivity contribution in [3.05, 3.63) is 40.2 Å². The van der Waals surface area contributed by atoms with Crippen molar-refractivity contribution in [1.29, 1.82) is 0 Å². The van der Waals surface area contributed by atoms with Gasteiger partial charge in [-0.2, -0.15) is 4.98 Å². The van der Waals surface area contributed by atoms with Crippen molar-refractivity contribution in [2.24, 2.45) is 0 Å². The Morgan fingerprint density at radius 2 is 2.12 bits per heavy atom. The molecule has 0 aliphatic carbocycles. The molecule has 0 unspecified atom stereocenters. The lowest BCUT2D eigenvalue weighted by Crippen LogP contribution is -2.17. The number of aryl methyl sites for hydroxylation is 2. The monoisotopic (exact) mass is 391 g/mol. The van der Waals surface area contributed by atoms with Crippen LogP contribution in [0.4, 0.5) is 5.69 Å². The van der Waals surface area contributed by atoms with E-state index in [1.54, 1.807) is 29.8 Å². The second-order valence-electron chi connectivity index (χ2n) is 5.65. The highest BCUT2D eigenvalue weighted by molar-refractivity contribution is 7.98. The summed E-state index contributed by atoms with van der Waals surface area (Å²) in [6, 6.07) is 5.11. The Bertz CT molecular complexity index is 989. The molecule has 2 aromatic heterocycles. The number of methoxy groups -OCH3 is 1. The number of hydrogen-bond acceptors (Lipinski definition) is 6. The van der Waals surface area contributed by atoms with Crippen molar-refractivity contribution in [2.75, 3.05) is 18.7 Å². The number of thioether (sulfide) groups is 1. The second-order valence-corrected chi connectivity index (χ2v) is 6.83. The van der Waals surface area contributed by atoms with Crippen molar-refractivity contribution < 1.29 is 9.53 Å². The summed E-state index contributed by atoms with van der Waals surface area (Å²) in [5.74, 6) is 0.931. The minimum Gasteiger partial charge on any atom is -0.495 e. The molecule has 1 aromatic carbocycles. The van der Waals surface area contributed by atoms with Gasteiger partial charge in [0.2, 0.25) is 11.1 Å². The summed E-state index contributed by atoms with van der Waals surface area (Å²) < 4.78 is 6.79. The van der Waals surface area contributed by atoms with Gasteiger partial charge < -0.3 is 10.1 Å². The highest BCUT2D eigenvalue weighted by Crippen LogP contribution is 2.27. The van der Waals surface area contributed by atoms with Crippen LogP contribution in [0, 0.1) is 13.8 Å². The van der Waals surface area contributed by atoms with Crippen LogP contribution < -0.4 is 10.1 Å². The quantitative estimate of drug-likeness (QED) is 0.672. The van der Waals surface area contributed by atoms with Gasteiger partial charge in [-0.3, -0.25) is 4.79 Å². The van der Waals surface area contributed by atoms with Crippen LogP contribution in [0.25, 0.3) is 5.78 Å². The summed E-state index contributed by atoms with van der Waals surface area (Å²) in [7, 11) is 1.54. The van der Waals surface area contributed by atoms with Gasteiger partial charge in [-0.15, -0.1) is 5.10 Å². The van der Waals surface area contributed by atoms with Crippen LogP contribution in [0.5, 0.6) is 5.75 Å². The van der Waals surface area contributed by atoms with Crippen molar-refractivity contribution in [1.82, 2.24) is 19.6 Å². The number of anilines is 1. The number of aromatic nitrogens is 4. The maximum atomic E-state index is 12.5. The Labute approximate surface area is 160 Å². The molecule has 0 bridgehead atoms. The summed E-state index contributed by atoms with van der Waals surface area (Å²) >= 11 is 7.55. The van der Waals surface area contributed by atoms with E-state index in [0.717, 1.165) is 17.0 Å². The first kappa shape index (κ1) is 18.5. The molecule has 3 rings (SSSR count). The summed E-state index contributed by atoms with van der Waals surface area (Å²) in [4.78, 5) is 21.3. The average molecular weight is 392 g/mol. The lowest BCUT2D eigenvalue weighted by atomic mass is 10.1. The van der Waals surface area contributed by atoms with Gasteiger partial charge in [-0.25, -0.2) is 9.50 Å². The van der Waals surface area contributed by atoms with Crippen LogP contribution >= 0.6 is 23.4 Å². The fraction of sp³-hybridized carbons (Fsp3) is 0.294. The second kappa shape index (κ2) is 7.51. The lowest BCUT2D eigenvalue weighted by Gasteiger charge is -2.11. The number of nitrogens with zero attached hydrogens (tertiary/aromatic N) is 4. The van der Waals surface area contributed by atoms with Crippen LogP contribution in [-0.4, -0.2) is 38.9 Å². The van der Waals surface area contributed by atoms with Crippen LogP contribution in [0.3, 0.4) is 0 Å². The van der Waals surface area contributed by atoms with E-state index < -0.39 is 0 Å². The van der Waals surface area contributed by atoms with Gasteiger partial charge in [0.25, 0.3) is 5.78 Å². The van der Waals surface area contributed by atoms with Crippen LogP contribution in [0.15, 0.2) is 23.4 Å². The Morgan fingerprint density at radius 3 is 2.77 bits per heavy atom. The minimum absolute atomic E-state index is 0.163. The number of hydrogen-bond donors (Lipinski definition) is 1. The third-order valence-electron chi connectivity index (χ3n) is 3.98. The molecule has 26 heavy (non-hydrogen) atoms. The zero-order chi connectivity index (χ0) is 18.8. The largest absolute Gasteiger partial charge is 0.495 e. The van der Waals surface area contributed by atoms with Crippen molar-refractivity contribution in [3.8, 4) is 5.75 Å². The Kier molecular flexibility index (Phi) is 5.33. The molecule has 136 valence electrons. The van der Waals surface area contributed by atoms with E-state index in [4.69, 9.17) is 16.3 Å². The molecule has 0 fully saturated rings. The van der Waals surface area contributed by atoms with Gasteiger partial charge in [-0.05, 0) is 38.3 Å². The van der Waals surface area contributed by atoms with Gasteiger partial charge in [0, 0.05) is 22.6 Å². The molecular formula is C17H18ClN5O2S. The number of fused-ring (bicyclic) bond motifs is 1. The predicted molar refractivity (Wildman–Crippen MR) is 102 cm³/mol. The zero-order valence-electron chi connectivity index (χ0n) is 14.8. The first-order chi connectivity index (χ1) is 12.4. The molecule has 0 saturated heterocycles. The lowest BCUT2D eigenvalue weighted by molar-refractivity contribution is -0.115. The molecule has 1 N–H and O–H groups in total. The van der Waals surface area contributed by atoms with Gasteiger partial charge in [0.1, 0.15) is 5.75 Å². The third kappa shape index (κ3) is 3.61. The summed E-state index contributed by atoms with van der Waals surface area (Å²) in [5.41, 5.74) is 3.05. The normalized spacial score (nSPS) is 11.0. The maximum Gasteiger partial charge on any atom is 0.253 e. The fourth-order valence-electron chi connectivity index (χ4n) is 2.64. The topological polar surface area (TPSA) is 81.4 Å². The van der Waals surface area contributed by atoms with E-state index in [9.17, 15) is 4.79 Å². The predicted octanol–water partition coefficient (Wildman–Crippen LogP) is 3.31. The number of carbonyl (C=O) groups is 1. The standard InChI is InChI=1S/C17H18ClN5O2S/c1-9-12(10(2)23-16(19-9)21-17(22-23)26-4)8-15(24)20-11-5-6-14(25-3)13(18)7-11/h5-7H,8H2,1-4H3,(H,20,24). The van der Waals surface area contributed by atoms with Crippen LogP contribution in [-0.2, 0) is 11.2 Å². The van der Waals surface area contributed by atoms with Crippen molar-refractivity contribution >= 4 is 40.7 Å². The van der Waals surface area contributed by atoms with Gasteiger partial charge >= 0.3 is 0 Å². The maximum absolute atomic E-state index is 12.5. The Balaban J connectivity index is 1.83. The molecule has 2 heterocycles. The smallest absolute Gasteiger partial charge is 0.253 e. The highest BCUT2D eigenvalue weighted by atomic mass is 35.5. The molecular weight excluding hydrogens is 374 g/mol. The van der Waals surface area contributed by atoms with Crippen molar-refractivity contribution in [2.45, 2.75) is 25.4 Å². The third-order valence-corrected chi connectivity index (χ3v) is 4.82. The fourth-order valence-corrected chi connectivity index (χ4v) is 3.24. The number of nitrogens with one attached hydrogen (secondary N) is 1. The zero-order valence-corrected chi connectivity index (χ0v) is 16.4. The molecule has 0 atom stereocenters. The number of benzene rings is 1. The number of amides is 1. The van der Waals surface area contributed by atoms with E-state index in [1.165, 1.54) is 11.8 Å². The number of rotatable bonds is 5. The molecule has 0 aliphatic rings. The summed E-state index contributed by atoms with van der Waals surface area (Å²) in [5, 5.41) is 8.33. The molecule has 0 spiro atoms. The van der Waals surface area contributed by atoms with Crippen LogP contribution in [0.2, 0.25) is 5.02 Å². The highest BCUT2D eigenvalue weighted by Gasteiger charge is 2.16. The molecule has 9 heteroatoms. The molecule has 0 aliphatic heterocycles. The van der Waals surface area contributed by atoms with E-state index in [1.807, 2.05) is 20.1 Å². The number of ether oxygens (including phenoxy) is 1. The van der Waals surface area contributed by atoms with Crippen LogP contribution in [0.1, 0.15) is 17.0 Å². The molecule has 1 amide bonds. The van der Waals surface area contributed by atoms with Gasteiger partial charge in [-0.1, -0.05) is 23.4 Å². The molecule has 0 saturated carbocycles. The first-order valence-electron chi connectivity index (χ1n) is 7.83. The minimum atomic E-state index is -0.163. The Morgan fingerprint density at radius 1 is 1.35 bits per heavy atom. The van der Waals surface area contributed by atoms with Gasteiger partial charge in [0.05, 0.1) is 18.6 Å². The summed E-state index contributed by atoms with van der Waals surface area (Å²) in [6.45, 7) is 3.78. The van der Waals surface area contributed by atoms with E-state index in [2.05, 4.69) is 20.4 Å². The number of carbonyl (C=O) groups excluding carboxylic acids is 1. The number of halogens is 1. The molecule has 7 nitrogen and oxygen atoms in total. The molecule has 0 radical (unpaired) electrons. The molecule has 3 aromatic rings. The first-order valence-corrected chi connectivity index (χ1v) is 9.43. The summed E-state index contributed by atoms with van der Waals surface area (Å²) in [6.07, 6.45) is 2.09. The van der Waals surface area contributed by atoms with Crippen molar-refractivity contribution in [3.63, 3.8) is 0 Å². The average Bonchev–Trinajstić information content (AvgIpc) is 3.02. The van der Waals surface area contributed by atoms with E-state index >= 15 is 0 Å². The van der Waals surface area contributed by atoms with E-state index in [-0.39, 0.29) is 12.3 Å². The van der Waals surface area contributed by atoms with E-state index in [0.29, 0.717) is 27.4 Å². The SMILES string of the molecule is COc1ccc(NC(=O)Cc2c(C)nc3nc(SC)nn3c2C)cc1Cl. The van der Waals surface area contributed by atoms with Gasteiger partial charge in [0.15, 0.2) is 0 Å². The Hall–Kier alpha value is -2.32.